The maximum absolute atomic E-state index is 5.60. The monoisotopic (exact) mass is 292 g/mol. The lowest BCUT2D eigenvalue weighted by atomic mass is 10.1. The molecule has 0 bridgehead atoms. The van der Waals surface area contributed by atoms with Crippen molar-refractivity contribution in [1.29, 1.82) is 0 Å². The fraction of sp³-hybridized carbons (Fsp3) is 0.588. The molecule has 1 atom stereocenters. The van der Waals surface area contributed by atoms with E-state index in [4.69, 9.17) is 12.2 Å². The average molecular weight is 292 g/mol. The molecule has 1 rings (SSSR count). The third-order valence-corrected chi connectivity index (χ3v) is 3.47. The van der Waals surface area contributed by atoms with Crippen molar-refractivity contribution in [3.63, 3.8) is 0 Å². The first kappa shape index (κ1) is 17.0. The molecule has 0 amide bonds. The number of rotatable bonds is 6. The molecule has 3 heteroatoms. The molecular weight excluding hydrogens is 264 g/mol. The summed E-state index contributed by atoms with van der Waals surface area (Å²) < 4.78 is 0. The van der Waals surface area contributed by atoms with Crippen molar-refractivity contribution in [3.8, 4) is 0 Å². The first-order chi connectivity index (χ1) is 9.40. The van der Waals surface area contributed by atoms with Crippen molar-refractivity contribution in [3.05, 3.63) is 35.9 Å². The Bertz CT molecular complexity index is 391. The molecule has 0 radical (unpaired) electrons. The molecular formula is C17H28N2S. The van der Waals surface area contributed by atoms with Crippen LogP contribution in [-0.4, -0.2) is 23.1 Å². The van der Waals surface area contributed by atoms with Crippen molar-refractivity contribution in [1.82, 2.24) is 10.2 Å². The fourth-order valence-corrected chi connectivity index (χ4v) is 2.55. The molecule has 0 aromatic heterocycles. The van der Waals surface area contributed by atoms with Gasteiger partial charge in [0.1, 0.15) is 0 Å². The summed E-state index contributed by atoms with van der Waals surface area (Å²) >= 11 is 5.60. The maximum atomic E-state index is 5.60. The van der Waals surface area contributed by atoms with E-state index in [1.807, 2.05) is 6.07 Å². The predicted octanol–water partition coefficient (Wildman–Crippen LogP) is 4.24. The highest BCUT2D eigenvalue weighted by atomic mass is 32.1. The zero-order valence-corrected chi connectivity index (χ0v) is 14.2. The Morgan fingerprint density at radius 1 is 1.00 bits per heavy atom. The van der Waals surface area contributed by atoms with Crippen LogP contribution in [0.4, 0.5) is 0 Å². The molecule has 0 saturated heterocycles. The maximum Gasteiger partial charge on any atom is 0.169 e. The zero-order valence-electron chi connectivity index (χ0n) is 13.4. The van der Waals surface area contributed by atoms with E-state index in [1.165, 1.54) is 5.56 Å². The van der Waals surface area contributed by atoms with Gasteiger partial charge in [-0.1, -0.05) is 58.0 Å². The van der Waals surface area contributed by atoms with Crippen LogP contribution in [0, 0.1) is 11.8 Å². The molecule has 1 aromatic rings. The largest absolute Gasteiger partial charge is 0.356 e. The van der Waals surface area contributed by atoms with E-state index < -0.39 is 0 Å². The molecule has 0 aliphatic rings. The van der Waals surface area contributed by atoms with Gasteiger partial charge in [-0.05, 0) is 36.5 Å². The molecule has 0 heterocycles. The Labute approximate surface area is 129 Å². The number of nitrogens with zero attached hydrogens (tertiary/aromatic N) is 1. The average Bonchev–Trinajstić information content (AvgIpc) is 2.37. The molecule has 0 spiro atoms. The van der Waals surface area contributed by atoms with Crippen molar-refractivity contribution < 1.29 is 0 Å². The number of hydrogen-bond donors (Lipinski definition) is 1. The van der Waals surface area contributed by atoms with Gasteiger partial charge in [0.15, 0.2) is 5.11 Å². The minimum Gasteiger partial charge on any atom is -0.356 e. The van der Waals surface area contributed by atoms with Crippen LogP contribution < -0.4 is 5.32 Å². The summed E-state index contributed by atoms with van der Waals surface area (Å²) in [5.74, 6) is 1.22. The van der Waals surface area contributed by atoms with Crippen LogP contribution in [0.1, 0.15) is 46.2 Å². The van der Waals surface area contributed by atoms with Gasteiger partial charge in [0.25, 0.3) is 0 Å². The number of nitrogens with one attached hydrogen (secondary N) is 1. The van der Waals surface area contributed by atoms with E-state index in [0.29, 0.717) is 11.8 Å². The molecule has 112 valence electrons. The molecule has 0 fully saturated rings. The zero-order chi connectivity index (χ0) is 15.1. The first-order valence-electron chi connectivity index (χ1n) is 7.50. The predicted molar refractivity (Wildman–Crippen MR) is 91.8 cm³/mol. The fourth-order valence-electron chi connectivity index (χ4n) is 2.22. The van der Waals surface area contributed by atoms with Gasteiger partial charge in [0.2, 0.25) is 0 Å². The van der Waals surface area contributed by atoms with Gasteiger partial charge in [-0.15, -0.1) is 0 Å². The summed E-state index contributed by atoms with van der Waals surface area (Å²) in [4.78, 5) is 2.30. The minimum absolute atomic E-state index is 0.241. The van der Waals surface area contributed by atoms with E-state index in [1.54, 1.807) is 0 Å². The molecule has 1 unspecified atom stereocenters. The van der Waals surface area contributed by atoms with Crippen molar-refractivity contribution >= 4 is 17.3 Å². The Hall–Kier alpha value is -1.09. The van der Waals surface area contributed by atoms with Gasteiger partial charge in [-0.25, -0.2) is 0 Å². The van der Waals surface area contributed by atoms with Gasteiger partial charge in [-0.2, -0.15) is 0 Å². The van der Waals surface area contributed by atoms with E-state index in [2.05, 4.69) is 69.1 Å². The normalized spacial score (nSPS) is 12.6. The summed E-state index contributed by atoms with van der Waals surface area (Å²) in [6.07, 6.45) is 0. The summed E-state index contributed by atoms with van der Waals surface area (Å²) in [5, 5.41) is 4.33. The van der Waals surface area contributed by atoms with Crippen LogP contribution in [0.3, 0.4) is 0 Å². The third-order valence-electron chi connectivity index (χ3n) is 3.10. The highest BCUT2D eigenvalue weighted by Gasteiger charge is 2.15. The second kappa shape index (κ2) is 8.25. The summed E-state index contributed by atoms with van der Waals surface area (Å²) in [6.45, 7) is 13.1. The summed E-state index contributed by atoms with van der Waals surface area (Å²) in [6, 6.07) is 10.7. The molecule has 0 aliphatic carbocycles. The SMILES string of the molecule is CC(C)CN(CC(C)C)C(=S)NC(C)c1ccccc1. The number of thiocarbonyl (C=S) groups is 1. The van der Waals surface area contributed by atoms with Gasteiger partial charge in [0, 0.05) is 13.1 Å². The highest BCUT2D eigenvalue weighted by Crippen LogP contribution is 2.13. The Morgan fingerprint density at radius 2 is 1.50 bits per heavy atom. The van der Waals surface area contributed by atoms with Crippen LogP contribution in [0.15, 0.2) is 30.3 Å². The van der Waals surface area contributed by atoms with E-state index >= 15 is 0 Å². The summed E-state index contributed by atoms with van der Waals surface area (Å²) in [5.41, 5.74) is 1.27. The van der Waals surface area contributed by atoms with Crippen LogP contribution in [0.25, 0.3) is 0 Å². The Balaban J connectivity index is 2.65. The van der Waals surface area contributed by atoms with E-state index in [-0.39, 0.29) is 6.04 Å². The highest BCUT2D eigenvalue weighted by molar-refractivity contribution is 7.80. The van der Waals surface area contributed by atoms with Gasteiger partial charge >= 0.3 is 0 Å². The lowest BCUT2D eigenvalue weighted by Crippen LogP contribution is -2.44. The van der Waals surface area contributed by atoms with Crippen molar-refractivity contribution in [2.24, 2.45) is 11.8 Å². The number of hydrogen-bond acceptors (Lipinski definition) is 1. The molecule has 2 nitrogen and oxygen atoms in total. The molecule has 0 aliphatic heterocycles. The van der Waals surface area contributed by atoms with Crippen LogP contribution in [0.2, 0.25) is 0 Å². The molecule has 1 aromatic carbocycles. The minimum atomic E-state index is 0.241. The standard InChI is InChI=1S/C17H28N2S/c1-13(2)11-19(12-14(3)4)17(20)18-15(5)16-9-7-6-8-10-16/h6-10,13-15H,11-12H2,1-5H3,(H,18,20). The van der Waals surface area contributed by atoms with Gasteiger partial charge in [0.05, 0.1) is 6.04 Å². The molecule has 1 N–H and O–H groups in total. The van der Waals surface area contributed by atoms with Crippen LogP contribution >= 0.6 is 12.2 Å². The van der Waals surface area contributed by atoms with Crippen molar-refractivity contribution in [2.45, 2.75) is 40.7 Å². The number of benzene rings is 1. The Kier molecular flexibility index (Phi) is 7.00. The first-order valence-corrected chi connectivity index (χ1v) is 7.91. The quantitative estimate of drug-likeness (QED) is 0.790. The smallest absolute Gasteiger partial charge is 0.169 e. The summed E-state index contributed by atoms with van der Waals surface area (Å²) in [7, 11) is 0. The van der Waals surface area contributed by atoms with Crippen molar-refractivity contribution in [2.75, 3.05) is 13.1 Å². The molecule has 20 heavy (non-hydrogen) atoms. The lowest BCUT2D eigenvalue weighted by Gasteiger charge is -2.31. The van der Waals surface area contributed by atoms with E-state index in [0.717, 1.165) is 18.2 Å². The Morgan fingerprint density at radius 3 is 1.95 bits per heavy atom. The van der Waals surface area contributed by atoms with Gasteiger partial charge < -0.3 is 10.2 Å². The lowest BCUT2D eigenvalue weighted by molar-refractivity contribution is 0.321. The van der Waals surface area contributed by atoms with E-state index in [9.17, 15) is 0 Å². The molecule has 0 saturated carbocycles. The second-order valence-corrected chi connectivity index (χ2v) is 6.66. The van der Waals surface area contributed by atoms with Crippen LogP contribution in [0.5, 0.6) is 0 Å². The second-order valence-electron chi connectivity index (χ2n) is 6.27. The topological polar surface area (TPSA) is 15.3 Å². The van der Waals surface area contributed by atoms with Gasteiger partial charge in [-0.3, -0.25) is 0 Å². The third kappa shape index (κ3) is 5.91. The van der Waals surface area contributed by atoms with Crippen LogP contribution in [-0.2, 0) is 0 Å².